The minimum atomic E-state index is -0.347. The van der Waals surface area contributed by atoms with Gasteiger partial charge in [-0.2, -0.15) is 5.26 Å². The van der Waals surface area contributed by atoms with Crippen LogP contribution in [0, 0.1) is 17.2 Å². The van der Waals surface area contributed by atoms with Gasteiger partial charge in [-0.05, 0) is 38.0 Å². The first-order valence-corrected chi connectivity index (χ1v) is 11.0. The fourth-order valence-electron chi connectivity index (χ4n) is 4.22. The highest BCUT2D eigenvalue weighted by Gasteiger charge is 2.37. The molecule has 1 aliphatic carbocycles. The van der Waals surface area contributed by atoms with Gasteiger partial charge >= 0.3 is 0 Å². The van der Waals surface area contributed by atoms with Crippen LogP contribution in [0.15, 0.2) is 12.4 Å². The Morgan fingerprint density at radius 3 is 2.15 bits per heavy atom. The fourth-order valence-corrected chi connectivity index (χ4v) is 4.22. The number of hydrogen-bond acceptors (Lipinski definition) is 3. The Morgan fingerprint density at radius 1 is 0.962 bits per heavy atom. The number of nitriles is 1. The van der Waals surface area contributed by atoms with Crippen LogP contribution in [0.2, 0.25) is 0 Å². The molecule has 0 N–H and O–H groups in total. The summed E-state index contributed by atoms with van der Waals surface area (Å²) in [5, 5.41) is 9.89. The molecule has 0 atom stereocenters. The average molecular weight is 356 g/mol. The van der Waals surface area contributed by atoms with E-state index in [0.29, 0.717) is 0 Å². The van der Waals surface area contributed by atoms with E-state index < -0.39 is 0 Å². The zero-order chi connectivity index (χ0) is 18.7. The summed E-state index contributed by atoms with van der Waals surface area (Å²) in [5.74, 6) is 1.75. The van der Waals surface area contributed by atoms with Crippen LogP contribution >= 0.6 is 0 Å². The standard InChI is InChI=1S/C23H37N3/c1-3-5-7-9-11-20-13-15-23(19-24,16-14-20)21-17-25-22(26-18-21)12-10-8-6-4-2/h17-18,20H,3-16H2,1-2H3. The zero-order valence-corrected chi connectivity index (χ0v) is 17.0. The molecular formula is C23H37N3. The number of unbranched alkanes of at least 4 members (excludes halogenated alkanes) is 6. The Balaban J connectivity index is 1.85. The maximum atomic E-state index is 9.89. The second kappa shape index (κ2) is 11.3. The minimum Gasteiger partial charge on any atom is -0.241 e. The molecule has 0 radical (unpaired) electrons. The van der Waals surface area contributed by atoms with Crippen LogP contribution in [-0.4, -0.2) is 9.97 Å². The van der Waals surface area contributed by atoms with Crippen LogP contribution < -0.4 is 0 Å². The molecule has 0 bridgehead atoms. The molecule has 0 saturated heterocycles. The van der Waals surface area contributed by atoms with E-state index in [4.69, 9.17) is 0 Å². The third kappa shape index (κ3) is 6.08. The van der Waals surface area contributed by atoms with E-state index in [9.17, 15) is 5.26 Å². The van der Waals surface area contributed by atoms with Crippen molar-refractivity contribution in [2.45, 2.75) is 109 Å². The number of nitrogens with zero attached hydrogens (tertiary/aromatic N) is 3. The van der Waals surface area contributed by atoms with Gasteiger partial charge in [0.15, 0.2) is 0 Å². The van der Waals surface area contributed by atoms with Gasteiger partial charge in [0.25, 0.3) is 0 Å². The van der Waals surface area contributed by atoms with Crippen molar-refractivity contribution in [3.8, 4) is 6.07 Å². The molecule has 2 rings (SSSR count). The summed E-state index contributed by atoms with van der Waals surface area (Å²) in [4.78, 5) is 9.14. The van der Waals surface area contributed by atoms with Crippen LogP contribution in [0.3, 0.4) is 0 Å². The van der Waals surface area contributed by atoms with E-state index in [1.165, 1.54) is 64.2 Å². The van der Waals surface area contributed by atoms with Gasteiger partial charge < -0.3 is 0 Å². The molecule has 0 spiro atoms. The predicted molar refractivity (Wildman–Crippen MR) is 108 cm³/mol. The predicted octanol–water partition coefficient (Wildman–Crippen LogP) is 6.52. The van der Waals surface area contributed by atoms with Gasteiger partial charge in [-0.1, -0.05) is 65.2 Å². The van der Waals surface area contributed by atoms with E-state index in [0.717, 1.165) is 43.0 Å². The summed E-state index contributed by atoms with van der Waals surface area (Å²) in [6.45, 7) is 4.49. The maximum absolute atomic E-state index is 9.89. The van der Waals surface area contributed by atoms with Crippen LogP contribution in [0.1, 0.15) is 109 Å². The Kier molecular flexibility index (Phi) is 9.09. The summed E-state index contributed by atoms with van der Waals surface area (Å²) < 4.78 is 0. The second-order valence-corrected chi connectivity index (χ2v) is 8.19. The number of aryl methyl sites for hydroxylation is 1. The Labute approximate surface area is 160 Å². The lowest BCUT2D eigenvalue weighted by molar-refractivity contribution is 0.260. The molecule has 3 heteroatoms. The highest BCUT2D eigenvalue weighted by Crippen LogP contribution is 2.42. The van der Waals surface area contributed by atoms with Gasteiger partial charge in [-0.15, -0.1) is 0 Å². The Morgan fingerprint density at radius 2 is 1.58 bits per heavy atom. The minimum absolute atomic E-state index is 0.347. The Hall–Kier alpha value is -1.43. The first kappa shape index (κ1) is 20.9. The van der Waals surface area contributed by atoms with E-state index in [2.05, 4.69) is 29.9 Å². The van der Waals surface area contributed by atoms with Crippen molar-refractivity contribution in [1.82, 2.24) is 9.97 Å². The molecule has 1 aliphatic rings. The second-order valence-electron chi connectivity index (χ2n) is 8.19. The normalized spacial score (nSPS) is 22.9. The summed E-state index contributed by atoms with van der Waals surface area (Å²) in [5.41, 5.74) is 0.697. The number of hydrogen-bond donors (Lipinski definition) is 0. The van der Waals surface area contributed by atoms with Crippen LogP contribution in [0.5, 0.6) is 0 Å². The molecule has 0 aliphatic heterocycles. The van der Waals surface area contributed by atoms with Crippen LogP contribution in [-0.2, 0) is 11.8 Å². The van der Waals surface area contributed by atoms with Gasteiger partial charge in [0, 0.05) is 24.4 Å². The van der Waals surface area contributed by atoms with Crippen LogP contribution in [0.25, 0.3) is 0 Å². The van der Waals surface area contributed by atoms with E-state index in [-0.39, 0.29) is 5.41 Å². The quantitative estimate of drug-likeness (QED) is 0.424. The molecule has 0 unspecified atom stereocenters. The molecule has 144 valence electrons. The van der Waals surface area contributed by atoms with E-state index in [1.54, 1.807) is 0 Å². The zero-order valence-electron chi connectivity index (χ0n) is 17.0. The number of aromatic nitrogens is 2. The molecule has 26 heavy (non-hydrogen) atoms. The first-order chi connectivity index (χ1) is 12.7. The molecule has 1 aromatic rings. The molecule has 3 nitrogen and oxygen atoms in total. The van der Waals surface area contributed by atoms with Crippen molar-refractivity contribution in [1.29, 1.82) is 5.26 Å². The van der Waals surface area contributed by atoms with E-state index >= 15 is 0 Å². The van der Waals surface area contributed by atoms with Crippen molar-refractivity contribution in [3.63, 3.8) is 0 Å². The molecule has 1 aromatic heterocycles. The largest absolute Gasteiger partial charge is 0.241 e. The summed E-state index contributed by atoms with van der Waals surface area (Å²) >= 11 is 0. The fraction of sp³-hybridized carbons (Fsp3) is 0.783. The molecule has 1 saturated carbocycles. The van der Waals surface area contributed by atoms with Crippen molar-refractivity contribution >= 4 is 0 Å². The number of rotatable bonds is 11. The average Bonchev–Trinajstić information content (AvgIpc) is 2.70. The van der Waals surface area contributed by atoms with Crippen molar-refractivity contribution in [3.05, 3.63) is 23.8 Å². The van der Waals surface area contributed by atoms with Crippen molar-refractivity contribution < 1.29 is 0 Å². The van der Waals surface area contributed by atoms with Gasteiger partial charge in [0.2, 0.25) is 0 Å². The summed E-state index contributed by atoms with van der Waals surface area (Å²) in [6.07, 6.45) is 20.8. The van der Waals surface area contributed by atoms with Gasteiger partial charge in [-0.25, -0.2) is 9.97 Å². The van der Waals surface area contributed by atoms with Crippen molar-refractivity contribution in [2.24, 2.45) is 5.92 Å². The molecule has 1 fully saturated rings. The SMILES string of the molecule is CCCCCCc1ncc(C2(C#N)CCC(CCCCCC)CC2)cn1. The molecule has 0 aromatic carbocycles. The van der Waals surface area contributed by atoms with Gasteiger partial charge in [-0.3, -0.25) is 0 Å². The highest BCUT2D eigenvalue weighted by atomic mass is 14.9. The highest BCUT2D eigenvalue weighted by molar-refractivity contribution is 5.29. The third-order valence-electron chi connectivity index (χ3n) is 6.15. The topological polar surface area (TPSA) is 49.6 Å². The molecular weight excluding hydrogens is 318 g/mol. The first-order valence-electron chi connectivity index (χ1n) is 11.0. The van der Waals surface area contributed by atoms with Crippen molar-refractivity contribution in [2.75, 3.05) is 0 Å². The molecule has 0 amide bonds. The maximum Gasteiger partial charge on any atom is 0.128 e. The monoisotopic (exact) mass is 355 g/mol. The molecule has 1 heterocycles. The van der Waals surface area contributed by atoms with E-state index in [1.807, 2.05) is 12.4 Å². The smallest absolute Gasteiger partial charge is 0.128 e. The van der Waals surface area contributed by atoms with Crippen LogP contribution in [0.4, 0.5) is 0 Å². The lowest BCUT2D eigenvalue weighted by Gasteiger charge is -2.35. The lowest BCUT2D eigenvalue weighted by atomic mass is 9.67. The van der Waals surface area contributed by atoms with Gasteiger partial charge in [0.05, 0.1) is 11.5 Å². The summed E-state index contributed by atoms with van der Waals surface area (Å²) in [6, 6.07) is 2.63. The van der Waals surface area contributed by atoms with Gasteiger partial charge in [0.1, 0.15) is 5.82 Å². The lowest BCUT2D eigenvalue weighted by Crippen LogP contribution is -2.30. The third-order valence-corrected chi connectivity index (χ3v) is 6.15. The summed E-state index contributed by atoms with van der Waals surface area (Å²) in [7, 11) is 0. The Bertz CT molecular complexity index is 536.